The maximum absolute atomic E-state index is 11.6. The SMILES string of the molecule is O=C(CCc1ccccc1)N/N=C\c1ccccc1Cl. The second-order valence-corrected chi connectivity index (χ2v) is 4.71. The first-order valence-corrected chi connectivity index (χ1v) is 6.74. The zero-order valence-corrected chi connectivity index (χ0v) is 11.7. The topological polar surface area (TPSA) is 41.5 Å². The molecular formula is C16H15ClN2O. The number of carbonyl (C=O) groups excluding carboxylic acids is 1. The molecule has 0 saturated heterocycles. The molecule has 0 aliphatic heterocycles. The molecule has 0 aliphatic carbocycles. The molecule has 3 nitrogen and oxygen atoms in total. The number of hydrazone groups is 1. The van der Waals surface area contributed by atoms with Gasteiger partial charge in [0.05, 0.1) is 6.21 Å². The number of halogens is 1. The molecule has 20 heavy (non-hydrogen) atoms. The molecule has 0 spiro atoms. The van der Waals surface area contributed by atoms with Gasteiger partial charge in [0.15, 0.2) is 0 Å². The lowest BCUT2D eigenvalue weighted by Gasteiger charge is -2.01. The fourth-order valence-electron chi connectivity index (χ4n) is 1.71. The zero-order valence-electron chi connectivity index (χ0n) is 10.9. The Morgan fingerprint density at radius 1 is 1.10 bits per heavy atom. The predicted molar refractivity (Wildman–Crippen MR) is 82.0 cm³/mol. The summed E-state index contributed by atoms with van der Waals surface area (Å²) < 4.78 is 0. The van der Waals surface area contributed by atoms with Gasteiger partial charge in [-0.25, -0.2) is 5.43 Å². The Labute approximate surface area is 123 Å². The van der Waals surface area contributed by atoms with Crippen molar-refractivity contribution >= 4 is 23.7 Å². The molecule has 2 rings (SSSR count). The van der Waals surface area contributed by atoms with E-state index in [2.05, 4.69) is 10.5 Å². The molecule has 2 aromatic carbocycles. The third-order valence-electron chi connectivity index (χ3n) is 2.78. The molecule has 0 bridgehead atoms. The molecule has 0 saturated carbocycles. The van der Waals surface area contributed by atoms with Gasteiger partial charge in [0.2, 0.25) is 5.91 Å². The van der Waals surface area contributed by atoms with Crippen molar-refractivity contribution in [2.45, 2.75) is 12.8 Å². The van der Waals surface area contributed by atoms with Gasteiger partial charge >= 0.3 is 0 Å². The van der Waals surface area contributed by atoms with E-state index in [4.69, 9.17) is 11.6 Å². The molecule has 102 valence electrons. The summed E-state index contributed by atoms with van der Waals surface area (Å²) in [7, 11) is 0. The number of carbonyl (C=O) groups is 1. The smallest absolute Gasteiger partial charge is 0.240 e. The molecule has 0 heterocycles. The standard InChI is InChI=1S/C16H15ClN2O/c17-15-9-5-4-8-14(15)12-18-19-16(20)11-10-13-6-2-1-3-7-13/h1-9,12H,10-11H2,(H,19,20)/b18-12-. The highest BCUT2D eigenvalue weighted by Crippen LogP contribution is 2.12. The second kappa shape index (κ2) is 7.46. The molecule has 4 heteroatoms. The summed E-state index contributed by atoms with van der Waals surface area (Å²) in [6, 6.07) is 17.2. The first-order chi connectivity index (χ1) is 9.75. The first kappa shape index (κ1) is 14.3. The van der Waals surface area contributed by atoms with Crippen LogP contribution in [0.5, 0.6) is 0 Å². The van der Waals surface area contributed by atoms with Gasteiger partial charge in [-0.3, -0.25) is 4.79 Å². The lowest BCUT2D eigenvalue weighted by atomic mass is 10.1. The fraction of sp³-hybridized carbons (Fsp3) is 0.125. The number of nitrogens with zero attached hydrogens (tertiary/aromatic N) is 1. The van der Waals surface area contributed by atoms with Crippen LogP contribution >= 0.6 is 11.6 Å². The van der Waals surface area contributed by atoms with E-state index < -0.39 is 0 Å². The van der Waals surface area contributed by atoms with Gasteiger partial charge in [0.1, 0.15) is 0 Å². The first-order valence-electron chi connectivity index (χ1n) is 6.36. The predicted octanol–water partition coefficient (Wildman–Crippen LogP) is 3.42. The largest absolute Gasteiger partial charge is 0.273 e. The third-order valence-corrected chi connectivity index (χ3v) is 3.13. The average Bonchev–Trinajstić information content (AvgIpc) is 2.48. The minimum absolute atomic E-state index is 0.114. The Hall–Kier alpha value is -2.13. The van der Waals surface area contributed by atoms with Crippen LogP contribution in [0.1, 0.15) is 17.5 Å². The van der Waals surface area contributed by atoms with Crippen LogP contribution in [-0.4, -0.2) is 12.1 Å². The molecule has 0 fully saturated rings. The van der Waals surface area contributed by atoms with Gasteiger partial charge < -0.3 is 0 Å². The minimum Gasteiger partial charge on any atom is -0.273 e. The van der Waals surface area contributed by atoms with Crippen LogP contribution in [0.15, 0.2) is 59.7 Å². The normalized spacial score (nSPS) is 10.7. The summed E-state index contributed by atoms with van der Waals surface area (Å²) in [6.45, 7) is 0. The zero-order chi connectivity index (χ0) is 14.2. The van der Waals surface area contributed by atoms with Crippen molar-refractivity contribution in [3.05, 3.63) is 70.7 Å². The van der Waals surface area contributed by atoms with E-state index in [1.807, 2.05) is 48.5 Å². The van der Waals surface area contributed by atoms with Gasteiger partial charge in [0, 0.05) is 17.0 Å². The number of amides is 1. The van der Waals surface area contributed by atoms with E-state index >= 15 is 0 Å². The number of hydrogen-bond donors (Lipinski definition) is 1. The summed E-state index contributed by atoms with van der Waals surface area (Å²) in [5.74, 6) is -0.114. The molecule has 1 amide bonds. The monoisotopic (exact) mass is 286 g/mol. The number of rotatable bonds is 5. The summed E-state index contributed by atoms with van der Waals surface area (Å²) in [5.41, 5.74) is 4.41. The van der Waals surface area contributed by atoms with Gasteiger partial charge in [-0.2, -0.15) is 5.10 Å². The third kappa shape index (κ3) is 4.52. The summed E-state index contributed by atoms with van der Waals surface area (Å²) in [5, 5.41) is 4.51. The molecule has 0 unspecified atom stereocenters. The number of hydrogen-bond acceptors (Lipinski definition) is 2. The van der Waals surface area contributed by atoms with Gasteiger partial charge in [-0.15, -0.1) is 0 Å². The van der Waals surface area contributed by atoms with Gasteiger partial charge in [0.25, 0.3) is 0 Å². The quantitative estimate of drug-likeness (QED) is 0.664. The molecular weight excluding hydrogens is 272 g/mol. The van der Waals surface area contributed by atoms with Crippen molar-refractivity contribution < 1.29 is 4.79 Å². The molecule has 0 radical (unpaired) electrons. The van der Waals surface area contributed by atoms with Crippen LogP contribution < -0.4 is 5.43 Å². The molecule has 0 aliphatic rings. The van der Waals surface area contributed by atoms with Crippen LogP contribution in [-0.2, 0) is 11.2 Å². The van der Waals surface area contributed by atoms with Crippen LogP contribution in [0.3, 0.4) is 0 Å². The molecule has 0 aromatic heterocycles. The van der Waals surface area contributed by atoms with E-state index in [1.165, 1.54) is 0 Å². The van der Waals surface area contributed by atoms with Crippen LogP contribution in [0.4, 0.5) is 0 Å². The lowest BCUT2D eigenvalue weighted by Crippen LogP contribution is -2.17. The van der Waals surface area contributed by atoms with Crippen molar-refractivity contribution in [2.24, 2.45) is 5.10 Å². The summed E-state index contributed by atoms with van der Waals surface area (Å²) in [4.78, 5) is 11.6. The Kier molecular flexibility index (Phi) is 5.33. The van der Waals surface area contributed by atoms with Crippen molar-refractivity contribution in [3.63, 3.8) is 0 Å². The molecule has 0 atom stereocenters. The summed E-state index contributed by atoms with van der Waals surface area (Å²) in [6.07, 6.45) is 2.65. The highest BCUT2D eigenvalue weighted by Gasteiger charge is 2.00. The van der Waals surface area contributed by atoms with E-state index in [0.29, 0.717) is 17.9 Å². The van der Waals surface area contributed by atoms with Crippen molar-refractivity contribution in [2.75, 3.05) is 0 Å². The van der Waals surface area contributed by atoms with E-state index in [1.54, 1.807) is 12.3 Å². The highest BCUT2D eigenvalue weighted by molar-refractivity contribution is 6.33. The number of aryl methyl sites for hydroxylation is 1. The van der Waals surface area contributed by atoms with Crippen LogP contribution in [0.25, 0.3) is 0 Å². The maximum atomic E-state index is 11.6. The van der Waals surface area contributed by atoms with E-state index in [0.717, 1.165) is 11.1 Å². The van der Waals surface area contributed by atoms with Crippen molar-refractivity contribution in [1.29, 1.82) is 0 Å². The Bertz CT molecular complexity index is 596. The van der Waals surface area contributed by atoms with Crippen LogP contribution in [0, 0.1) is 0 Å². The number of nitrogens with one attached hydrogen (secondary N) is 1. The van der Waals surface area contributed by atoms with Crippen molar-refractivity contribution in [3.8, 4) is 0 Å². The maximum Gasteiger partial charge on any atom is 0.240 e. The minimum atomic E-state index is -0.114. The van der Waals surface area contributed by atoms with E-state index in [-0.39, 0.29) is 5.91 Å². The Balaban J connectivity index is 1.79. The van der Waals surface area contributed by atoms with E-state index in [9.17, 15) is 4.79 Å². The van der Waals surface area contributed by atoms with Gasteiger partial charge in [-0.1, -0.05) is 60.1 Å². The molecule has 2 aromatic rings. The van der Waals surface area contributed by atoms with Crippen LogP contribution in [0.2, 0.25) is 5.02 Å². The average molecular weight is 287 g/mol. The number of benzene rings is 2. The Morgan fingerprint density at radius 3 is 2.55 bits per heavy atom. The molecule has 1 N–H and O–H groups in total. The second-order valence-electron chi connectivity index (χ2n) is 4.30. The van der Waals surface area contributed by atoms with Crippen molar-refractivity contribution in [1.82, 2.24) is 5.43 Å². The van der Waals surface area contributed by atoms with Gasteiger partial charge in [-0.05, 0) is 18.1 Å². The summed E-state index contributed by atoms with van der Waals surface area (Å²) >= 11 is 5.98. The highest BCUT2D eigenvalue weighted by atomic mass is 35.5. The lowest BCUT2D eigenvalue weighted by molar-refractivity contribution is -0.121. The fourth-order valence-corrected chi connectivity index (χ4v) is 1.90. The Morgan fingerprint density at radius 2 is 1.80 bits per heavy atom.